The van der Waals surface area contributed by atoms with Gasteiger partial charge in [0.2, 0.25) is 0 Å². The number of fused-ring (bicyclic) bond motifs is 1. The first-order valence-corrected chi connectivity index (χ1v) is 5.98. The van der Waals surface area contributed by atoms with E-state index in [-0.39, 0.29) is 0 Å². The van der Waals surface area contributed by atoms with Crippen molar-refractivity contribution in [1.82, 2.24) is 4.90 Å². The zero-order valence-electron chi connectivity index (χ0n) is 9.34. The molecule has 1 heterocycles. The number of rotatable bonds is 3. The van der Waals surface area contributed by atoms with Crippen molar-refractivity contribution < 1.29 is 5.11 Å². The molecule has 0 aromatic heterocycles. The van der Waals surface area contributed by atoms with Gasteiger partial charge in [0, 0.05) is 19.6 Å². The molecule has 1 aliphatic carbocycles. The third kappa shape index (κ3) is 1.70. The van der Waals surface area contributed by atoms with E-state index in [1.807, 2.05) is 12.1 Å². The fourth-order valence-electron chi connectivity index (χ4n) is 3.08. The fourth-order valence-corrected chi connectivity index (χ4v) is 3.08. The molecule has 2 aliphatic rings. The summed E-state index contributed by atoms with van der Waals surface area (Å²) in [6, 6.07) is 7.52. The van der Waals surface area contributed by atoms with Gasteiger partial charge in [-0.3, -0.25) is 4.90 Å². The van der Waals surface area contributed by atoms with E-state index in [4.69, 9.17) is 5.73 Å². The number of hydrogen-bond acceptors (Lipinski definition) is 3. The summed E-state index contributed by atoms with van der Waals surface area (Å²) in [5.41, 5.74) is 6.97. The van der Waals surface area contributed by atoms with Gasteiger partial charge in [-0.25, -0.2) is 0 Å². The van der Waals surface area contributed by atoms with Crippen LogP contribution in [0, 0.1) is 17.8 Å². The summed E-state index contributed by atoms with van der Waals surface area (Å²) in [5.74, 6) is 2.87. The van der Waals surface area contributed by atoms with Crippen LogP contribution in [0.3, 0.4) is 0 Å². The minimum atomic E-state index is 0.344. The number of benzene rings is 1. The lowest BCUT2D eigenvalue weighted by atomic mass is 10.2. The molecule has 3 heteroatoms. The summed E-state index contributed by atoms with van der Waals surface area (Å²) < 4.78 is 0. The first-order valence-electron chi connectivity index (χ1n) is 5.98. The van der Waals surface area contributed by atoms with Crippen molar-refractivity contribution in [2.45, 2.75) is 6.54 Å². The minimum Gasteiger partial charge on any atom is -0.508 e. The molecule has 3 N–H and O–H groups in total. The molecule has 3 rings (SSSR count). The molecule has 16 heavy (non-hydrogen) atoms. The Kier molecular flexibility index (Phi) is 2.37. The van der Waals surface area contributed by atoms with E-state index in [2.05, 4.69) is 4.90 Å². The Bertz CT molecular complexity index is 364. The summed E-state index contributed by atoms with van der Waals surface area (Å²) >= 11 is 0. The van der Waals surface area contributed by atoms with Crippen LogP contribution >= 0.6 is 0 Å². The third-order valence-corrected chi connectivity index (χ3v) is 4.06. The summed E-state index contributed by atoms with van der Waals surface area (Å²) in [7, 11) is 0. The van der Waals surface area contributed by atoms with Crippen molar-refractivity contribution in [3.05, 3.63) is 29.8 Å². The maximum Gasteiger partial charge on any atom is 0.115 e. The van der Waals surface area contributed by atoms with Crippen LogP contribution in [0.15, 0.2) is 24.3 Å². The predicted molar refractivity (Wildman–Crippen MR) is 62.9 cm³/mol. The molecule has 1 aliphatic heterocycles. The maximum absolute atomic E-state index is 9.21. The Labute approximate surface area is 95.9 Å². The molecule has 86 valence electrons. The van der Waals surface area contributed by atoms with Crippen LogP contribution in [-0.4, -0.2) is 29.6 Å². The molecule has 2 atom stereocenters. The highest BCUT2D eigenvalue weighted by Crippen LogP contribution is 2.51. The molecule has 0 spiro atoms. The first-order chi connectivity index (χ1) is 7.78. The van der Waals surface area contributed by atoms with Crippen molar-refractivity contribution in [2.24, 2.45) is 23.5 Å². The molecule has 3 nitrogen and oxygen atoms in total. The van der Waals surface area contributed by atoms with Crippen LogP contribution in [0.25, 0.3) is 0 Å². The standard InChI is InChI=1S/C13H18N2O/c14-5-11-12-7-15(8-13(11)12)6-9-1-3-10(16)4-2-9/h1-4,11-13,16H,5-8,14H2. The number of aromatic hydroxyl groups is 1. The second-order valence-electron chi connectivity index (χ2n) is 5.09. The summed E-state index contributed by atoms with van der Waals surface area (Å²) in [4.78, 5) is 2.49. The van der Waals surface area contributed by atoms with Gasteiger partial charge in [-0.2, -0.15) is 0 Å². The average molecular weight is 218 g/mol. The highest BCUT2D eigenvalue weighted by atomic mass is 16.3. The number of hydrogen-bond donors (Lipinski definition) is 2. The van der Waals surface area contributed by atoms with Crippen molar-refractivity contribution in [1.29, 1.82) is 0 Å². The lowest BCUT2D eigenvalue weighted by molar-refractivity contribution is 0.279. The van der Waals surface area contributed by atoms with Gasteiger partial charge in [-0.15, -0.1) is 0 Å². The molecule has 1 aromatic rings. The quantitative estimate of drug-likeness (QED) is 0.796. The van der Waals surface area contributed by atoms with Crippen LogP contribution in [0.5, 0.6) is 5.75 Å². The van der Waals surface area contributed by atoms with E-state index in [0.29, 0.717) is 5.75 Å². The number of phenols is 1. The molecule has 1 saturated carbocycles. The average Bonchev–Trinajstić information content (AvgIpc) is 2.76. The van der Waals surface area contributed by atoms with Crippen molar-refractivity contribution in [3.63, 3.8) is 0 Å². The normalized spacial score (nSPS) is 32.7. The summed E-state index contributed by atoms with van der Waals surface area (Å²) in [6.07, 6.45) is 0. The number of nitrogens with two attached hydrogens (primary N) is 1. The molecule has 2 unspecified atom stereocenters. The number of likely N-dealkylation sites (tertiary alicyclic amines) is 1. The largest absolute Gasteiger partial charge is 0.508 e. The van der Waals surface area contributed by atoms with Gasteiger partial charge in [0.05, 0.1) is 0 Å². The number of phenolic OH excluding ortho intramolecular Hbond substituents is 1. The first kappa shape index (κ1) is 10.1. The van der Waals surface area contributed by atoms with Crippen molar-refractivity contribution >= 4 is 0 Å². The van der Waals surface area contributed by atoms with Gasteiger partial charge in [0.1, 0.15) is 5.75 Å². The molecule has 0 amide bonds. The van der Waals surface area contributed by atoms with Gasteiger partial charge in [0.25, 0.3) is 0 Å². The van der Waals surface area contributed by atoms with E-state index < -0.39 is 0 Å². The molecule has 1 aromatic carbocycles. The lowest BCUT2D eigenvalue weighted by Crippen LogP contribution is -2.25. The molecular formula is C13H18N2O. The number of piperidine rings is 1. The SMILES string of the molecule is NCC1C2CN(Cc3ccc(O)cc3)CC12. The van der Waals surface area contributed by atoms with E-state index in [1.165, 1.54) is 18.7 Å². The van der Waals surface area contributed by atoms with Crippen LogP contribution in [-0.2, 0) is 6.54 Å². The molecule has 1 saturated heterocycles. The molecule has 0 radical (unpaired) electrons. The van der Waals surface area contributed by atoms with Crippen LogP contribution in [0.4, 0.5) is 0 Å². The Balaban J connectivity index is 1.56. The Morgan fingerprint density at radius 2 is 1.81 bits per heavy atom. The van der Waals surface area contributed by atoms with Gasteiger partial charge < -0.3 is 10.8 Å². The minimum absolute atomic E-state index is 0.344. The van der Waals surface area contributed by atoms with Crippen LogP contribution in [0.2, 0.25) is 0 Å². The lowest BCUT2D eigenvalue weighted by Gasteiger charge is -2.19. The van der Waals surface area contributed by atoms with E-state index in [0.717, 1.165) is 30.8 Å². The monoisotopic (exact) mass is 218 g/mol. The van der Waals surface area contributed by atoms with Gasteiger partial charge in [0.15, 0.2) is 0 Å². The second-order valence-corrected chi connectivity index (χ2v) is 5.09. The highest BCUT2D eigenvalue weighted by molar-refractivity contribution is 5.26. The van der Waals surface area contributed by atoms with E-state index in [1.54, 1.807) is 12.1 Å². The number of nitrogens with zero attached hydrogens (tertiary/aromatic N) is 1. The fraction of sp³-hybridized carbons (Fsp3) is 0.538. The molecular weight excluding hydrogens is 200 g/mol. The Hall–Kier alpha value is -1.06. The second kappa shape index (κ2) is 3.75. The third-order valence-electron chi connectivity index (χ3n) is 4.06. The molecule has 2 fully saturated rings. The molecule has 0 bridgehead atoms. The smallest absolute Gasteiger partial charge is 0.115 e. The maximum atomic E-state index is 9.21. The Morgan fingerprint density at radius 1 is 1.19 bits per heavy atom. The topological polar surface area (TPSA) is 49.5 Å². The summed E-state index contributed by atoms with van der Waals surface area (Å²) in [5, 5.41) is 9.21. The zero-order chi connectivity index (χ0) is 11.1. The van der Waals surface area contributed by atoms with Crippen molar-refractivity contribution in [3.8, 4) is 5.75 Å². The van der Waals surface area contributed by atoms with Crippen LogP contribution < -0.4 is 5.73 Å². The van der Waals surface area contributed by atoms with Crippen molar-refractivity contribution in [2.75, 3.05) is 19.6 Å². The van der Waals surface area contributed by atoms with Gasteiger partial charge in [-0.05, 0) is 42.0 Å². The van der Waals surface area contributed by atoms with Gasteiger partial charge >= 0.3 is 0 Å². The van der Waals surface area contributed by atoms with Gasteiger partial charge in [-0.1, -0.05) is 12.1 Å². The zero-order valence-corrected chi connectivity index (χ0v) is 9.34. The van der Waals surface area contributed by atoms with Crippen LogP contribution in [0.1, 0.15) is 5.56 Å². The Morgan fingerprint density at radius 3 is 2.38 bits per heavy atom. The predicted octanol–water partition coefficient (Wildman–Crippen LogP) is 1.03. The van der Waals surface area contributed by atoms with E-state index in [9.17, 15) is 5.11 Å². The summed E-state index contributed by atoms with van der Waals surface area (Å²) in [6.45, 7) is 4.27. The highest BCUT2D eigenvalue weighted by Gasteiger charge is 2.54. The van der Waals surface area contributed by atoms with E-state index >= 15 is 0 Å².